The molecular formula is C12H21N3O3S. The minimum absolute atomic E-state index is 0.0896. The van der Waals surface area contributed by atoms with Crippen molar-refractivity contribution in [2.24, 2.45) is 5.41 Å². The van der Waals surface area contributed by atoms with Gasteiger partial charge in [-0.2, -0.15) is 5.10 Å². The molecule has 7 heteroatoms. The topological polar surface area (TPSA) is 84.1 Å². The molecule has 6 nitrogen and oxygen atoms in total. The SMILES string of the molecule is COC1CC(NS(=O)(=O)c2c(C)n[nH]c2C)C1(C)C. The quantitative estimate of drug-likeness (QED) is 0.869. The number of hydrogen-bond donors (Lipinski definition) is 2. The molecule has 2 unspecified atom stereocenters. The molecule has 1 heterocycles. The lowest BCUT2D eigenvalue weighted by molar-refractivity contribution is -0.0908. The van der Waals surface area contributed by atoms with Gasteiger partial charge in [0.2, 0.25) is 10.0 Å². The average Bonchev–Trinajstić information content (AvgIpc) is 2.64. The fourth-order valence-electron chi connectivity index (χ4n) is 2.67. The van der Waals surface area contributed by atoms with Crippen LogP contribution in [0.2, 0.25) is 0 Å². The number of sulfonamides is 1. The number of nitrogens with one attached hydrogen (secondary N) is 2. The molecule has 2 atom stereocenters. The number of aromatic nitrogens is 2. The van der Waals surface area contributed by atoms with E-state index < -0.39 is 10.0 Å². The number of hydrogen-bond acceptors (Lipinski definition) is 4. The van der Waals surface area contributed by atoms with Gasteiger partial charge >= 0.3 is 0 Å². The normalized spacial score (nSPS) is 26.2. The Bertz CT molecular complexity index is 558. The van der Waals surface area contributed by atoms with Crippen LogP contribution in [0.25, 0.3) is 0 Å². The fourth-order valence-corrected chi connectivity index (χ4v) is 4.44. The Kier molecular flexibility index (Phi) is 3.49. The van der Waals surface area contributed by atoms with Crippen molar-refractivity contribution in [1.82, 2.24) is 14.9 Å². The van der Waals surface area contributed by atoms with Crippen LogP contribution in [0.4, 0.5) is 0 Å². The molecule has 19 heavy (non-hydrogen) atoms. The molecule has 0 bridgehead atoms. The first-order valence-electron chi connectivity index (χ1n) is 6.27. The largest absolute Gasteiger partial charge is 0.381 e. The lowest BCUT2D eigenvalue weighted by atomic mass is 9.65. The summed E-state index contributed by atoms with van der Waals surface area (Å²) in [7, 11) is -1.89. The van der Waals surface area contributed by atoms with Gasteiger partial charge in [-0.25, -0.2) is 13.1 Å². The first kappa shape index (κ1) is 14.5. The van der Waals surface area contributed by atoms with Gasteiger partial charge in [-0.15, -0.1) is 0 Å². The van der Waals surface area contributed by atoms with Crippen LogP contribution in [0.15, 0.2) is 4.90 Å². The van der Waals surface area contributed by atoms with Crippen LogP contribution in [0.3, 0.4) is 0 Å². The van der Waals surface area contributed by atoms with Gasteiger partial charge < -0.3 is 4.74 Å². The van der Waals surface area contributed by atoms with Crippen molar-refractivity contribution >= 4 is 10.0 Å². The Labute approximate surface area is 114 Å². The molecule has 0 aliphatic heterocycles. The van der Waals surface area contributed by atoms with Crippen LogP contribution >= 0.6 is 0 Å². The van der Waals surface area contributed by atoms with E-state index in [0.29, 0.717) is 17.8 Å². The summed E-state index contributed by atoms with van der Waals surface area (Å²) in [5.41, 5.74) is 0.851. The minimum atomic E-state index is -3.54. The lowest BCUT2D eigenvalue weighted by Crippen LogP contribution is -2.61. The molecule has 1 aromatic heterocycles. The molecule has 2 rings (SSSR count). The van der Waals surface area contributed by atoms with Crippen LogP contribution in [0.1, 0.15) is 31.7 Å². The van der Waals surface area contributed by atoms with Gasteiger partial charge in [-0.3, -0.25) is 5.10 Å². The fraction of sp³-hybridized carbons (Fsp3) is 0.750. The molecule has 0 amide bonds. The molecule has 1 aromatic rings. The maximum Gasteiger partial charge on any atom is 0.244 e. The van der Waals surface area contributed by atoms with Gasteiger partial charge in [0.1, 0.15) is 4.90 Å². The van der Waals surface area contributed by atoms with Crippen molar-refractivity contribution in [2.75, 3.05) is 7.11 Å². The third-order valence-electron chi connectivity index (χ3n) is 4.09. The van der Waals surface area contributed by atoms with Crippen LogP contribution in [-0.4, -0.2) is 37.9 Å². The standard InChI is InChI=1S/C12H21N3O3S/c1-7-11(8(2)14-13-7)19(16,17)15-9-6-10(18-5)12(9,3)4/h9-10,15H,6H2,1-5H3,(H,13,14). The Morgan fingerprint density at radius 1 is 1.42 bits per heavy atom. The highest BCUT2D eigenvalue weighted by molar-refractivity contribution is 7.89. The van der Waals surface area contributed by atoms with E-state index in [2.05, 4.69) is 14.9 Å². The monoisotopic (exact) mass is 287 g/mol. The predicted molar refractivity (Wildman–Crippen MR) is 71.4 cm³/mol. The van der Waals surface area contributed by atoms with E-state index in [1.165, 1.54) is 0 Å². The van der Waals surface area contributed by atoms with E-state index in [1.54, 1.807) is 21.0 Å². The second kappa shape index (κ2) is 4.57. The Morgan fingerprint density at radius 2 is 2.05 bits per heavy atom. The van der Waals surface area contributed by atoms with Crippen LogP contribution in [-0.2, 0) is 14.8 Å². The molecule has 0 aromatic carbocycles. The van der Waals surface area contributed by atoms with Crippen molar-refractivity contribution < 1.29 is 13.2 Å². The van der Waals surface area contributed by atoms with E-state index in [1.807, 2.05) is 13.8 Å². The molecule has 1 saturated carbocycles. The number of ether oxygens (including phenoxy) is 1. The zero-order chi connectivity index (χ0) is 14.4. The molecule has 1 fully saturated rings. The summed E-state index contributed by atoms with van der Waals surface area (Å²) < 4.78 is 32.9. The predicted octanol–water partition coefficient (Wildman–Crippen LogP) is 1.12. The molecule has 108 valence electrons. The first-order chi connectivity index (χ1) is 8.70. The van der Waals surface area contributed by atoms with Crippen LogP contribution < -0.4 is 4.72 Å². The van der Waals surface area contributed by atoms with E-state index in [9.17, 15) is 8.42 Å². The van der Waals surface area contributed by atoms with Gasteiger partial charge in [0, 0.05) is 18.6 Å². The molecule has 0 radical (unpaired) electrons. The third kappa shape index (κ3) is 2.30. The van der Waals surface area contributed by atoms with Crippen LogP contribution in [0.5, 0.6) is 0 Å². The molecular weight excluding hydrogens is 266 g/mol. The van der Waals surface area contributed by atoms with E-state index in [0.717, 1.165) is 0 Å². The number of aryl methyl sites for hydroxylation is 2. The summed E-state index contributed by atoms with van der Waals surface area (Å²) in [6.45, 7) is 7.40. The smallest absolute Gasteiger partial charge is 0.244 e. The van der Waals surface area contributed by atoms with Gasteiger partial charge in [0.05, 0.1) is 17.5 Å². The summed E-state index contributed by atoms with van der Waals surface area (Å²) in [6.07, 6.45) is 0.783. The maximum atomic E-state index is 12.4. The van der Waals surface area contributed by atoms with E-state index >= 15 is 0 Å². The molecule has 1 aliphatic carbocycles. The number of aromatic amines is 1. The zero-order valence-corrected chi connectivity index (χ0v) is 12.8. The second-order valence-corrected chi connectivity index (χ2v) is 7.37. The highest BCUT2D eigenvalue weighted by atomic mass is 32.2. The van der Waals surface area contributed by atoms with Crippen molar-refractivity contribution in [3.63, 3.8) is 0 Å². The lowest BCUT2D eigenvalue weighted by Gasteiger charge is -2.50. The number of rotatable bonds is 4. The highest BCUT2D eigenvalue weighted by Gasteiger charge is 2.50. The Balaban J connectivity index is 2.21. The van der Waals surface area contributed by atoms with Gasteiger partial charge in [-0.05, 0) is 20.3 Å². The van der Waals surface area contributed by atoms with Crippen molar-refractivity contribution in [3.05, 3.63) is 11.4 Å². The highest BCUT2D eigenvalue weighted by Crippen LogP contribution is 2.43. The summed E-state index contributed by atoms with van der Waals surface area (Å²) in [6, 6.07) is -0.115. The Hall–Kier alpha value is -0.920. The zero-order valence-electron chi connectivity index (χ0n) is 11.9. The summed E-state index contributed by atoms with van der Waals surface area (Å²) in [5, 5.41) is 6.63. The summed E-state index contributed by atoms with van der Waals surface area (Å²) in [5.74, 6) is 0. The maximum absolute atomic E-state index is 12.4. The number of methoxy groups -OCH3 is 1. The average molecular weight is 287 g/mol. The summed E-state index contributed by atoms with van der Waals surface area (Å²) in [4.78, 5) is 0.254. The van der Waals surface area contributed by atoms with Gasteiger partial charge in [-0.1, -0.05) is 13.8 Å². The summed E-state index contributed by atoms with van der Waals surface area (Å²) >= 11 is 0. The Morgan fingerprint density at radius 3 is 2.47 bits per heavy atom. The molecule has 0 spiro atoms. The van der Waals surface area contributed by atoms with Gasteiger partial charge in [0.15, 0.2) is 0 Å². The van der Waals surface area contributed by atoms with Crippen molar-refractivity contribution in [1.29, 1.82) is 0 Å². The van der Waals surface area contributed by atoms with Crippen LogP contribution in [0, 0.1) is 19.3 Å². The molecule has 1 aliphatic rings. The first-order valence-corrected chi connectivity index (χ1v) is 7.75. The van der Waals surface area contributed by atoms with Gasteiger partial charge in [0.25, 0.3) is 0 Å². The number of nitrogens with zero attached hydrogens (tertiary/aromatic N) is 1. The van der Waals surface area contributed by atoms with E-state index in [-0.39, 0.29) is 22.5 Å². The van der Waals surface area contributed by atoms with E-state index in [4.69, 9.17) is 4.74 Å². The minimum Gasteiger partial charge on any atom is -0.381 e. The van der Waals surface area contributed by atoms with Crippen molar-refractivity contribution in [3.8, 4) is 0 Å². The molecule has 0 saturated heterocycles. The number of H-pyrrole nitrogens is 1. The van der Waals surface area contributed by atoms with Crippen molar-refractivity contribution in [2.45, 2.75) is 51.2 Å². The molecule has 2 N–H and O–H groups in total. The third-order valence-corrected chi connectivity index (χ3v) is 5.82. The second-order valence-electron chi connectivity index (χ2n) is 5.72.